The van der Waals surface area contributed by atoms with Crippen LogP contribution in [0, 0.1) is 6.92 Å². The van der Waals surface area contributed by atoms with E-state index in [9.17, 15) is 4.79 Å². The summed E-state index contributed by atoms with van der Waals surface area (Å²) in [6, 6.07) is 0. The average Bonchev–Trinajstić information content (AvgIpc) is 2.99. The van der Waals surface area contributed by atoms with Crippen molar-refractivity contribution in [3.05, 3.63) is 29.1 Å². The summed E-state index contributed by atoms with van der Waals surface area (Å²) < 4.78 is 1.99. The zero-order valence-corrected chi connectivity index (χ0v) is 17.3. The zero-order valence-electron chi connectivity index (χ0n) is 16.6. The van der Waals surface area contributed by atoms with E-state index in [1.807, 2.05) is 59.1 Å². The van der Waals surface area contributed by atoms with Gasteiger partial charge in [0.25, 0.3) is 0 Å². The molecular formula is C19H34ClN3O. The highest BCUT2D eigenvalue weighted by Crippen LogP contribution is 2.28. The highest BCUT2D eigenvalue weighted by Gasteiger charge is 2.18. The van der Waals surface area contributed by atoms with Crippen LogP contribution in [0.1, 0.15) is 85.2 Å². The number of aldehydes is 1. The molecule has 2 aromatic heterocycles. The van der Waals surface area contributed by atoms with E-state index >= 15 is 0 Å². The normalized spacial score (nSPS) is 10.4. The number of halogens is 1. The lowest BCUT2D eigenvalue weighted by Gasteiger charge is -2.12. The van der Waals surface area contributed by atoms with Gasteiger partial charge in [-0.3, -0.25) is 4.40 Å². The van der Waals surface area contributed by atoms with Crippen LogP contribution in [0.2, 0.25) is 5.15 Å². The van der Waals surface area contributed by atoms with Crippen LogP contribution in [0.25, 0.3) is 5.52 Å². The van der Waals surface area contributed by atoms with Gasteiger partial charge < -0.3 is 4.79 Å². The molecule has 0 aliphatic rings. The van der Waals surface area contributed by atoms with Crippen LogP contribution in [0.4, 0.5) is 0 Å². The summed E-state index contributed by atoms with van der Waals surface area (Å²) in [4.78, 5) is 19.2. The topological polar surface area (TPSA) is 47.3 Å². The third kappa shape index (κ3) is 6.60. The van der Waals surface area contributed by atoms with Gasteiger partial charge in [-0.2, -0.15) is 0 Å². The highest BCUT2D eigenvalue weighted by atomic mass is 35.5. The van der Waals surface area contributed by atoms with E-state index in [0.717, 1.165) is 36.2 Å². The standard InChI is InChI=1S/C13H16ClN3O.3C2H6/c1-3-10(5-4-8-18)13-16-9(2)11-12(14)15-6-7-17(11)13;3*1-2/h6-8,10H,3-5H2,1-2H3;3*1-2H3. The van der Waals surface area contributed by atoms with Gasteiger partial charge in [0.05, 0.1) is 5.69 Å². The SMILES string of the molecule is CC.CC.CC.CCC(CCC=O)c1nc(C)c2c(Cl)nccn12. The molecule has 24 heavy (non-hydrogen) atoms. The predicted octanol–water partition coefficient (Wildman–Crippen LogP) is 6.24. The van der Waals surface area contributed by atoms with Crippen molar-refractivity contribution in [1.82, 2.24) is 14.4 Å². The van der Waals surface area contributed by atoms with E-state index in [1.165, 1.54) is 0 Å². The molecule has 4 nitrogen and oxygen atoms in total. The van der Waals surface area contributed by atoms with Crippen LogP contribution in [0.3, 0.4) is 0 Å². The van der Waals surface area contributed by atoms with Gasteiger partial charge in [-0.15, -0.1) is 0 Å². The van der Waals surface area contributed by atoms with Gasteiger partial charge in [0, 0.05) is 24.7 Å². The van der Waals surface area contributed by atoms with Gasteiger partial charge in [-0.05, 0) is 19.8 Å². The van der Waals surface area contributed by atoms with Crippen molar-refractivity contribution in [2.24, 2.45) is 0 Å². The Kier molecular flexibility index (Phi) is 15.6. The van der Waals surface area contributed by atoms with E-state index < -0.39 is 0 Å². The Morgan fingerprint density at radius 1 is 1.21 bits per heavy atom. The van der Waals surface area contributed by atoms with E-state index in [4.69, 9.17) is 11.6 Å². The van der Waals surface area contributed by atoms with Crippen molar-refractivity contribution < 1.29 is 4.79 Å². The molecular weight excluding hydrogens is 322 g/mol. The molecule has 0 bridgehead atoms. The molecule has 1 unspecified atom stereocenters. The fraction of sp³-hybridized carbons (Fsp3) is 0.632. The quantitative estimate of drug-likeness (QED) is 0.596. The van der Waals surface area contributed by atoms with Crippen molar-refractivity contribution in [3.8, 4) is 0 Å². The molecule has 0 saturated carbocycles. The molecule has 0 N–H and O–H groups in total. The summed E-state index contributed by atoms with van der Waals surface area (Å²) in [7, 11) is 0. The molecule has 5 heteroatoms. The molecule has 0 fully saturated rings. The summed E-state index contributed by atoms with van der Waals surface area (Å²) in [5, 5.41) is 0.471. The van der Waals surface area contributed by atoms with Crippen molar-refractivity contribution in [3.63, 3.8) is 0 Å². The van der Waals surface area contributed by atoms with E-state index in [-0.39, 0.29) is 5.92 Å². The number of carbonyl (C=O) groups is 1. The molecule has 2 aromatic rings. The molecule has 0 aliphatic carbocycles. The number of fused-ring (bicyclic) bond motifs is 1. The van der Waals surface area contributed by atoms with Crippen molar-refractivity contribution in [2.45, 2.75) is 80.6 Å². The largest absolute Gasteiger partial charge is 0.303 e. The molecule has 138 valence electrons. The minimum absolute atomic E-state index is 0.273. The molecule has 0 aliphatic heterocycles. The fourth-order valence-corrected chi connectivity index (χ4v) is 2.55. The molecule has 0 radical (unpaired) electrons. The first kappa shape index (κ1) is 24.8. The Morgan fingerprint density at radius 3 is 2.29 bits per heavy atom. The summed E-state index contributed by atoms with van der Waals surface area (Å²) in [5.74, 6) is 1.24. The summed E-state index contributed by atoms with van der Waals surface area (Å²) in [6.07, 6.45) is 6.84. The molecule has 2 rings (SSSR count). The van der Waals surface area contributed by atoms with Crippen LogP contribution in [0.15, 0.2) is 12.4 Å². The molecule has 0 spiro atoms. The number of imidazole rings is 1. The molecule has 0 saturated heterocycles. The van der Waals surface area contributed by atoms with Crippen molar-refractivity contribution in [2.75, 3.05) is 0 Å². The van der Waals surface area contributed by atoms with Crippen molar-refractivity contribution >= 4 is 23.4 Å². The zero-order chi connectivity index (χ0) is 19.1. The summed E-state index contributed by atoms with van der Waals surface area (Å²) in [5.41, 5.74) is 1.74. The monoisotopic (exact) mass is 355 g/mol. The maximum Gasteiger partial charge on any atom is 0.154 e. The second-order valence-corrected chi connectivity index (χ2v) is 4.70. The number of aryl methyl sites for hydroxylation is 1. The average molecular weight is 356 g/mol. The minimum Gasteiger partial charge on any atom is -0.303 e. The predicted molar refractivity (Wildman–Crippen MR) is 105 cm³/mol. The van der Waals surface area contributed by atoms with E-state index in [2.05, 4.69) is 16.9 Å². The Hall–Kier alpha value is -1.42. The summed E-state index contributed by atoms with van der Waals surface area (Å²) >= 11 is 6.10. The van der Waals surface area contributed by atoms with Crippen LogP contribution < -0.4 is 0 Å². The maximum atomic E-state index is 10.5. The fourth-order valence-electron chi connectivity index (χ4n) is 2.27. The second-order valence-electron chi connectivity index (χ2n) is 4.34. The molecule has 0 aromatic carbocycles. The number of hydrogen-bond donors (Lipinski definition) is 0. The Balaban J connectivity index is 0. The first-order valence-electron chi connectivity index (χ1n) is 9.11. The van der Waals surface area contributed by atoms with E-state index in [1.54, 1.807) is 6.20 Å². The summed E-state index contributed by atoms with van der Waals surface area (Å²) in [6.45, 7) is 16.0. The Morgan fingerprint density at radius 2 is 1.79 bits per heavy atom. The van der Waals surface area contributed by atoms with Gasteiger partial charge >= 0.3 is 0 Å². The minimum atomic E-state index is 0.273. The van der Waals surface area contributed by atoms with Crippen LogP contribution in [0.5, 0.6) is 0 Å². The number of carbonyl (C=O) groups excluding carboxylic acids is 1. The lowest BCUT2D eigenvalue weighted by atomic mass is 10.00. The second kappa shape index (κ2) is 15.1. The third-order valence-corrected chi connectivity index (χ3v) is 3.48. The molecule has 2 heterocycles. The lowest BCUT2D eigenvalue weighted by Crippen LogP contribution is -2.04. The van der Waals surface area contributed by atoms with Crippen LogP contribution in [-0.4, -0.2) is 20.7 Å². The lowest BCUT2D eigenvalue weighted by molar-refractivity contribution is -0.108. The van der Waals surface area contributed by atoms with Gasteiger partial charge in [0.2, 0.25) is 0 Å². The third-order valence-electron chi connectivity index (χ3n) is 3.20. The first-order valence-corrected chi connectivity index (χ1v) is 9.49. The smallest absolute Gasteiger partial charge is 0.154 e. The van der Waals surface area contributed by atoms with Gasteiger partial charge in [-0.25, -0.2) is 9.97 Å². The van der Waals surface area contributed by atoms with Crippen molar-refractivity contribution in [1.29, 1.82) is 0 Å². The first-order chi connectivity index (χ1) is 11.7. The molecule has 1 atom stereocenters. The van der Waals surface area contributed by atoms with Crippen LogP contribution >= 0.6 is 11.6 Å². The maximum absolute atomic E-state index is 10.5. The van der Waals surface area contributed by atoms with Gasteiger partial charge in [0.15, 0.2) is 5.15 Å². The highest BCUT2D eigenvalue weighted by molar-refractivity contribution is 6.32. The number of nitrogens with zero attached hydrogens (tertiary/aromatic N) is 3. The van der Waals surface area contributed by atoms with Crippen LogP contribution in [-0.2, 0) is 4.79 Å². The Labute approximate surface area is 152 Å². The Bertz CT molecular complexity index is 567. The van der Waals surface area contributed by atoms with Gasteiger partial charge in [-0.1, -0.05) is 60.1 Å². The number of aromatic nitrogens is 3. The van der Waals surface area contributed by atoms with E-state index in [0.29, 0.717) is 11.6 Å². The molecule has 0 amide bonds. The number of rotatable bonds is 5. The van der Waals surface area contributed by atoms with Gasteiger partial charge in [0.1, 0.15) is 17.6 Å². The number of hydrogen-bond acceptors (Lipinski definition) is 3.